The number of anilines is 1. The fourth-order valence-electron chi connectivity index (χ4n) is 2.81. The van der Waals surface area contributed by atoms with Crippen molar-refractivity contribution in [1.82, 2.24) is 4.90 Å². The van der Waals surface area contributed by atoms with E-state index in [-0.39, 0.29) is 23.7 Å². The van der Waals surface area contributed by atoms with Crippen LogP contribution in [0.5, 0.6) is 0 Å². The first-order valence-electron chi connectivity index (χ1n) is 7.05. The molecule has 2 rings (SSSR count). The number of nitrogens with one attached hydrogen (secondary N) is 1. The van der Waals surface area contributed by atoms with E-state index in [2.05, 4.69) is 28.2 Å². The van der Waals surface area contributed by atoms with Crippen LogP contribution in [0.1, 0.15) is 43.5 Å². The highest BCUT2D eigenvalue weighted by Crippen LogP contribution is 2.27. The van der Waals surface area contributed by atoms with E-state index >= 15 is 0 Å². The summed E-state index contributed by atoms with van der Waals surface area (Å²) >= 11 is 3.26. The van der Waals surface area contributed by atoms with Crippen molar-refractivity contribution in [3.63, 3.8) is 0 Å². The number of carboxylic acids is 1. The lowest BCUT2D eigenvalue weighted by Gasteiger charge is -2.28. The maximum Gasteiger partial charge on any atom is 0.335 e. The molecule has 0 aromatic heterocycles. The Kier molecular flexibility index (Phi) is 4.88. The highest BCUT2D eigenvalue weighted by molar-refractivity contribution is 9.10. The van der Waals surface area contributed by atoms with Crippen molar-refractivity contribution in [1.29, 1.82) is 0 Å². The molecular formula is C15H19BrN2O3. The van der Waals surface area contributed by atoms with E-state index in [0.717, 1.165) is 19.3 Å². The normalized spacial score (nSPS) is 21.4. The van der Waals surface area contributed by atoms with Crippen LogP contribution in [0.25, 0.3) is 0 Å². The van der Waals surface area contributed by atoms with Gasteiger partial charge in [-0.1, -0.05) is 22.9 Å². The highest BCUT2D eigenvalue weighted by Gasteiger charge is 2.33. The summed E-state index contributed by atoms with van der Waals surface area (Å²) in [6.45, 7) is 4.11. The summed E-state index contributed by atoms with van der Waals surface area (Å²) in [5.74, 6) is -1.02. The van der Waals surface area contributed by atoms with Crippen molar-refractivity contribution >= 4 is 33.6 Å². The van der Waals surface area contributed by atoms with Crippen LogP contribution in [0.4, 0.5) is 10.5 Å². The molecule has 1 saturated heterocycles. The lowest BCUT2D eigenvalue weighted by atomic mass is 10.1. The van der Waals surface area contributed by atoms with Crippen molar-refractivity contribution < 1.29 is 14.7 Å². The number of carboxylic acid groups (broad SMARTS) is 1. The maximum atomic E-state index is 12.4. The standard InChI is InChI=1S/C15H19BrN2O3/c1-3-13-5-4-9(2)18(13)15(21)17-12-7-10(14(19)20)6-11(16)8-12/h6-9,13H,3-5H2,1-2H3,(H,17,21)(H,19,20). The Bertz CT molecular complexity index is 562. The van der Waals surface area contributed by atoms with Crippen molar-refractivity contribution in [3.8, 4) is 0 Å². The molecule has 0 radical (unpaired) electrons. The van der Waals surface area contributed by atoms with Gasteiger partial charge in [-0.3, -0.25) is 0 Å². The number of carbonyl (C=O) groups excluding carboxylic acids is 1. The van der Waals surface area contributed by atoms with Crippen molar-refractivity contribution in [2.24, 2.45) is 0 Å². The van der Waals surface area contributed by atoms with Gasteiger partial charge < -0.3 is 15.3 Å². The van der Waals surface area contributed by atoms with Gasteiger partial charge >= 0.3 is 12.0 Å². The maximum absolute atomic E-state index is 12.4. The minimum absolute atomic E-state index is 0.140. The Morgan fingerprint density at radius 2 is 2.10 bits per heavy atom. The second-order valence-electron chi connectivity index (χ2n) is 5.36. The van der Waals surface area contributed by atoms with Crippen LogP contribution >= 0.6 is 15.9 Å². The number of rotatable bonds is 3. The lowest BCUT2D eigenvalue weighted by molar-refractivity contribution is 0.0696. The SMILES string of the molecule is CCC1CCC(C)N1C(=O)Nc1cc(Br)cc(C(=O)O)c1. The number of likely N-dealkylation sites (tertiary alicyclic amines) is 1. The smallest absolute Gasteiger partial charge is 0.335 e. The number of carbonyl (C=O) groups is 2. The molecule has 2 amide bonds. The van der Waals surface area contributed by atoms with Gasteiger partial charge in [0.1, 0.15) is 0 Å². The van der Waals surface area contributed by atoms with Gasteiger partial charge in [0.15, 0.2) is 0 Å². The Balaban J connectivity index is 2.17. The van der Waals surface area contributed by atoms with Crippen LogP contribution in [-0.4, -0.2) is 34.1 Å². The van der Waals surface area contributed by atoms with E-state index in [9.17, 15) is 9.59 Å². The Morgan fingerprint density at radius 1 is 1.38 bits per heavy atom. The monoisotopic (exact) mass is 354 g/mol. The summed E-state index contributed by atoms with van der Waals surface area (Å²) in [6.07, 6.45) is 2.95. The third kappa shape index (κ3) is 3.56. The number of nitrogens with zero attached hydrogens (tertiary/aromatic N) is 1. The van der Waals surface area contributed by atoms with Gasteiger partial charge in [0, 0.05) is 22.2 Å². The largest absolute Gasteiger partial charge is 0.478 e. The third-order valence-electron chi connectivity index (χ3n) is 3.89. The van der Waals surface area contributed by atoms with Crippen LogP contribution in [0.2, 0.25) is 0 Å². The number of hydrogen-bond acceptors (Lipinski definition) is 2. The average molecular weight is 355 g/mol. The quantitative estimate of drug-likeness (QED) is 0.863. The number of amides is 2. The molecule has 1 aromatic rings. The van der Waals surface area contributed by atoms with E-state index in [1.807, 2.05) is 11.8 Å². The first-order chi connectivity index (χ1) is 9.92. The summed E-state index contributed by atoms with van der Waals surface area (Å²) in [4.78, 5) is 25.4. The minimum atomic E-state index is -1.02. The van der Waals surface area contributed by atoms with Crippen LogP contribution in [0.15, 0.2) is 22.7 Å². The number of hydrogen-bond donors (Lipinski definition) is 2. The summed E-state index contributed by atoms with van der Waals surface area (Å²) in [6, 6.07) is 4.97. The van der Waals surface area contributed by atoms with E-state index in [1.54, 1.807) is 6.07 Å². The molecule has 1 heterocycles. The Labute approximate surface area is 132 Å². The number of halogens is 1. The molecule has 5 nitrogen and oxygen atoms in total. The number of aromatic carboxylic acids is 1. The highest BCUT2D eigenvalue weighted by atomic mass is 79.9. The minimum Gasteiger partial charge on any atom is -0.478 e. The molecule has 6 heteroatoms. The van der Waals surface area contributed by atoms with E-state index < -0.39 is 5.97 Å². The fraction of sp³-hybridized carbons (Fsp3) is 0.467. The average Bonchev–Trinajstić information content (AvgIpc) is 2.79. The molecule has 1 aliphatic rings. The van der Waals surface area contributed by atoms with Gasteiger partial charge in [-0.25, -0.2) is 9.59 Å². The summed E-state index contributed by atoms with van der Waals surface area (Å²) in [5, 5.41) is 11.9. The predicted molar refractivity (Wildman–Crippen MR) is 84.7 cm³/mol. The first-order valence-corrected chi connectivity index (χ1v) is 7.85. The second-order valence-corrected chi connectivity index (χ2v) is 6.28. The topological polar surface area (TPSA) is 69.6 Å². The van der Waals surface area contributed by atoms with Gasteiger partial charge in [0.2, 0.25) is 0 Å². The summed E-state index contributed by atoms with van der Waals surface area (Å²) < 4.78 is 0.624. The van der Waals surface area contributed by atoms with Crippen molar-refractivity contribution in [3.05, 3.63) is 28.2 Å². The molecule has 0 spiro atoms. The molecule has 21 heavy (non-hydrogen) atoms. The third-order valence-corrected chi connectivity index (χ3v) is 4.35. The molecule has 114 valence electrons. The van der Waals surface area contributed by atoms with Crippen LogP contribution in [0, 0.1) is 0 Å². The van der Waals surface area contributed by atoms with Crippen molar-refractivity contribution in [2.75, 3.05) is 5.32 Å². The van der Waals surface area contributed by atoms with Gasteiger partial charge in [-0.2, -0.15) is 0 Å². The first kappa shape index (κ1) is 15.8. The Morgan fingerprint density at radius 3 is 2.71 bits per heavy atom. The van der Waals surface area contributed by atoms with Crippen LogP contribution in [-0.2, 0) is 0 Å². The Hall–Kier alpha value is -1.56. The van der Waals surface area contributed by atoms with Crippen LogP contribution < -0.4 is 5.32 Å². The van der Waals surface area contributed by atoms with Gasteiger partial charge in [0.05, 0.1) is 5.56 Å². The molecule has 0 bridgehead atoms. The molecule has 0 aliphatic carbocycles. The molecule has 1 aliphatic heterocycles. The molecule has 1 fully saturated rings. The van der Waals surface area contributed by atoms with E-state index in [0.29, 0.717) is 10.2 Å². The van der Waals surface area contributed by atoms with Gasteiger partial charge in [0.25, 0.3) is 0 Å². The second kappa shape index (κ2) is 6.47. The lowest BCUT2D eigenvalue weighted by Crippen LogP contribution is -2.42. The van der Waals surface area contributed by atoms with E-state index in [1.165, 1.54) is 12.1 Å². The van der Waals surface area contributed by atoms with Crippen LogP contribution in [0.3, 0.4) is 0 Å². The zero-order valence-electron chi connectivity index (χ0n) is 12.1. The summed E-state index contributed by atoms with van der Waals surface area (Å²) in [5.41, 5.74) is 0.627. The zero-order valence-corrected chi connectivity index (χ0v) is 13.7. The number of urea groups is 1. The molecule has 0 saturated carbocycles. The van der Waals surface area contributed by atoms with E-state index in [4.69, 9.17) is 5.11 Å². The van der Waals surface area contributed by atoms with Gasteiger partial charge in [-0.05, 0) is 44.4 Å². The number of benzene rings is 1. The molecule has 2 N–H and O–H groups in total. The molecule has 1 aromatic carbocycles. The molecular weight excluding hydrogens is 336 g/mol. The summed E-state index contributed by atoms with van der Waals surface area (Å²) in [7, 11) is 0. The van der Waals surface area contributed by atoms with Gasteiger partial charge in [-0.15, -0.1) is 0 Å². The molecule has 2 atom stereocenters. The predicted octanol–water partition coefficient (Wildman–Crippen LogP) is 3.94. The van der Waals surface area contributed by atoms with Crippen molar-refractivity contribution in [2.45, 2.75) is 45.2 Å². The zero-order chi connectivity index (χ0) is 15.6. The fourth-order valence-corrected chi connectivity index (χ4v) is 3.31. The molecule has 2 unspecified atom stereocenters.